The minimum atomic E-state index is -3.63. The molecule has 1 fully saturated rings. The molecular weight excluding hydrogens is 298 g/mol. The summed E-state index contributed by atoms with van der Waals surface area (Å²) < 4.78 is 26.4. The van der Waals surface area contributed by atoms with Gasteiger partial charge in [-0.15, -0.1) is 0 Å². The molecule has 1 aliphatic carbocycles. The highest BCUT2D eigenvalue weighted by Crippen LogP contribution is 2.32. The van der Waals surface area contributed by atoms with Crippen LogP contribution in [0.2, 0.25) is 5.02 Å². The van der Waals surface area contributed by atoms with Gasteiger partial charge in [0, 0.05) is 18.6 Å². The monoisotopic (exact) mass is 317 g/mol. The molecule has 6 heteroatoms. The molecule has 0 radical (unpaired) electrons. The second kappa shape index (κ2) is 5.64. The number of hydrogen-bond donors (Lipinski definition) is 1. The lowest BCUT2D eigenvalue weighted by Crippen LogP contribution is -2.42. The summed E-state index contributed by atoms with van der Waals surface area (Å²) in [5.41, 5.74) is -0.242. The zero-order valence-corrected chi connectivity index (χ0v) is 13.3. The summed E-state index contributed by atoms with van der Waals surface area (Å²) >= 11 is 5.89. The van der Waals surface area contributed by atoms with Gasteiger partial charge in [-0.25, -0.2) is 8.42 Å². The van der Waals surface area contributed by atoms with Crippen LogP contribution in [0, 0.1) is 6.92 Å². The minimum Gasteiger partial charge on any atom is -0.389 e. The van der Waals surface area contributed by atoms with Crippen LogP contribution in [-0.2, 0) is 10.0 Å². The quantitative estimate of drug-likeness (QED) is 0.928. The van der Waals surface area contributed by atoms with Gasteiger partial charge in [-0.05, 0) is 37.5 Å². The van der Waals surface area contributed by atoms with Gasteiger partial charge in [0.25, 0.3) is 0 Å². The molecular formula is C14H20ClNO3S. The summed E-state index contributed by atoms with van der Waals surface area (Å²) in [6.45, 7) is 1.86. The van der Waals surface area contributed by atoms with Crippen molar-refractivity contribution in [1.29, 1.82) is 0 Å². The van der Waals surface area contributed by atoms with E-state index in [9.17, 15) is 13.5 Å². The third-order valence-corrected chi connectivity index (χ3v) is 6.07. The third kappa shape index (κ3) is 3.17. The topological polar surface area (TPSA) is 57.6 Å². The van der Waals surface area contributed by atoms with Crippen molar-refractivity contribution in [3.05, 3.63) is 28.8 Å². The highest BCUT2D eigenvalue weighted by Gasteiger charge is 2.36. The van der Waals surface area contributed by atoms with Crippen LogP contribution in [0.5, 0.6) is 0 Å². The Morgan fingerprint density at radius 2 is 1.95 bits per heavy atom. The zero-order valence-electron chi connectivity index (χ0n) is 11.8. The van der Waals surface area contributed by atoms with Crippen LogP contribution < -0.4 is 0 Å². The van der Waals surface area contributed by atoms with Gasteiger partial charge in [-0.3, -0.25) is 0 Å². The van der Waals surface area contributed by atoms with Crippen LogP contribution in [0.3, 0.4) is 0 Å². The number of nitrogens with zero attached hydrogens (tertiary/aromatic N) is 1. The molecule has 0 saturated heterocycles. The van der Waals surface area contributed by atoms with Crippen molar-refractivity contribution >= 4 is 21.6 Å². The van der Waals surface area contributed by atoms with Gasteiger partial charge < -0.3 is 5.11 Å². The summed E-state index contributed by atoms with van der Waals surface area (Å²) in [7, 11) is -2.12. The summed E-state index contributed by atoms with van der Waals surface area (Å²) in [4.78, 5) is 0.203. The van der Waals surface area contributed by atoms with Crippen LogP contribution >= 0.6 is 11.6 Å². The Labute approximate surface area is 125 Å². The molecule has 1 aliphatic rings. The van der Waals surface area contributed by atoms with Gasteiger partial charge in [0.1, 0.15) is 0 Å². The molecule has 4 nitrogen and oxygen atoms in total. The molecule has 0 aromatic heterocycles. The van der Waals surface area contributed by atoms with Crippen molar-refractivity contribution in [2.24, 2.45) is 0 Å². The molecule has 112 valence electrons. The summed E-state index contributed by atoms with van der Waals surface area (Å²) in [5.74, 6) is 0. The van der Waals surface area contributed by atoms with E-state index in [0.29, 0.717) is 23.4 Å². The number of benzene rings is 1. The number of rotatable bonds is 4. The predicted molar refractivity (Wildman–Crippen MR) is 79.4 cm³/mol. The zero-order chi connectivity index (χ0) is 15.0. The molecule has 1 aromatic carbocycles. The van der Waals surface area contributed by atoms with Crippen LogP contribution in [-0.4, -0.2) is 37.0 Å². The molecule has 1 N–H and O–H groups in total. The molecule has 0 unspecified atom stereocenters. The van der Waals surface area contributed by atoms with E-state index < -0.39 is 15.6 Å². The highest BCUT2D eigenvalue weighted by atomic mass is 35.5. The van der Waals surface area contributed by atoms with E-state index in [1.807, 2.05) is 0 Å². The maximum atomic E-state index is 12.6. The number of likely N-dealkylation sites (N-methyl/N-ethyl adjacent to an activating group) is 1. The molecule has 0 amide bonds. The first-order chi connectivity index (χ1) is 9.24. The molecule has 0 aliphatic heterocycles. The van der Waals surface area contributed by atoms with E-state index in [2.05, 4.69) is 0 Å². The first kappa shape index (κ1) is 15.8. The first-order valence-electron chi connectivity index (χ1n) is 6.69. The molecule has 0 spiro atoms. The van der Waals surface area contributed by atoms with Crippen LogP contribution in [0.25, 0.3) is 0 Å². The summed E-state index contributed by atoms with van der Waals surface area (Å²) in [6.07, 6.45) is 3.20. The smallest absolute Gasteiger partial charge is 0.243 e. The Morgan fingerprint density at radius 3 is 2.55 bits per heavy atom. The van der Waals surface area contributed by atoms with Gasteiger partial charge >= 0.3 is 0 Å². The Bertz CT molecular complexity index is 594. The molecule has 0 bridgehead atoms. The van der Waals surface area contributed by atoms with E-state index in [-0.39, 0.29) is 11.4 Å². The molecule has 1 aromatic rings. The Balaban J connectivity index is 2.27. The van der Waals surface area contributed by atoms with E-state index in [0.717, 1.165) is 12.8 Å². The second-order valence-corrected chi connectivity index (χ2v) is 8.05. The van der Waals surface area contributed by atoms with Crippen molar-refractivity contribution in [2.45, 2.75) is 43.1 Å². The summed E-state index contributed by atoms with van der Waals surface area (Å²) in [5, 5.41) is 10.8. The van der Waals surface area contributed by atoms with Crippen molar-refractivity contribution in [3.63, 3.8) is 0 Å². The Morgan fingerprint density at radius 1 is 1.35 bits per heavy atom. The first-order valence-corrected chi connectivity index (χ1v) is 8.51. The molecule has 0 heterocycles. The molecule has 1 saturated carbocycles. The van der Waals surface area contributed by atoms with E-state index in [1.165, 1.54) is 17.4 Å². The van der Waals surface area contributed by atoms with Gasteiger partial charge in [0.15, 0.2) is 0 Å². The van der Waals surface area contributed by atoms with Gasteiger partial charge in [-0.2, -0.15) is 4.31 Å². The normalized spacial score (nSPS) is 18.6. The number of sulfonamides is 1. The van der Waals surface area contributed by atoms with Crippen LogP contribution in [0.1, 0.15) is 31.2 Å². The summed E-state index contributed by atoms with van der Waals surface area (Å²) in [6, 6.07) is 4.81. The molecule has 0 atom stereocenters. The maximum absolute atomic E-state index is 12.6. The number of aliphatic hydroxyl groups is 1. The van der Waals surface area contributed by atoms with Gasteiger partial charge in [-0.1, -0.05) is 30.5 Å². The number of hydrogen-bond acceptors (Lipinski definition) is 3. The van der Waals surface area contributed by atoms with Crippen molar-refractivity contribution in [1.82, 2.24) is 4.31 Å². The Kier molecular flexibility index (Phi) is 4.44. The van der Waals surface area contributed by atoms with Crippen LogP contribution in [0.15, 0.2) is 23.1 Å². The van der Waals surface area contributed by atoms with E-state index in [4.69, 9.17) is 11.6 Å². The maximum Gasteiger partial charge on any atom is 0.243 e. The largest absolute Gasteiger partial charge is 0.389 e. The average molecular weight is 318 g/mol. The van der Waals surface area contributed by atoms with Crippen LogP contribution in [0.4, 0.5) is 0 Å². The lowest BCUT2D eigenvalue weighted by Gasteiger charge is -2.28. The lowest BCUT2D eigenvalue weighted by atomic mass is 10.0. The number of halogens is 1. The molecule has 2 rings (SSSR count). The second-order valence-electron chi connectivity index (χ2n) is 5.60. The fourth-order valence-electron chi connectivity index (χ4n) is 2.71. The van der Waals surface area contributed by atoms with Crippen molar-refractivity contribution in [2.75, 3.05) is 13.6 Å². The number of aryl methyl sites for hydroxylation is 1. The SMILES string of the molecule is Cc1ccc(Cl)cc1S(=O)(=O)N(C)CC1(O)CCCC1. The lowest BCUT2D eigenvalue weighted by molar-refractivity contribution is 0.0333. The van der Waals surface area contributed by atoms with Crippen molar-refractivity contribution in [3.8, 4) is 0 Å². The average Bonchev–Trinajstić information content (AvgIpc) is 2.78. The molecule has 20 heavy (non-hydrogen) atoms. The predicted octanol–water partition coefficient (Wildman–Crippen LogP) is 2.57. The van der Waals surface area contributed by atoms with Gasteiger partial charge in [0.2, 0.25) is 10.0 Å². The fourth-order valence-corrected chi connectivity index (χ4v) is 4.44. The standard InChI is InChI=1S/C14H20ClNO3S/c1-11-5-6-12(15)9-13(11)20(18,19)16(2)10-14(17)7-3-4-8-14/h5-6,9,17H,3-4,7-8,10H2,1-2H3. The fraction of sp³-hybridized carbons (Fsp3) is 0.571. The highest BCUT2D eigenvalue weighted by molar-refractivity contribution is 7.89. The van der Waals surface area contributed by atoms with Crippen molar-refractivity contribution < 1.29 is 13.5 Å². The van der Waals surface area contributed by atoms with E-state index in [1.54, 1.807) is 19.1 Å². The third-order valence-electron chi connectivity index (χ3n) is 3.89. The minimum absolute atomic E-state index is 0.126. The Hall–Kier alpha value is -0.620. The van der Waals surface area contributed by atoms with E-state index >= 15 is 0 Å². The van der Waals surface area contributed by atoms with Gasteiger partial charge in [0.05, 0.1) is 10.5 Å².